The van der Waals surface area contributed by atoms with Crippen LogP contribution in [-0.2, 0) is 4.74 Å². The van der Waals surface area contributed by atoms with E-state index in [1.807, 2.05) is 24.3 Å². The molecular formula is C16H19ClO2. The zero-order chi connectivity index (χ0) is 13.3. The summed E-state index contributed by atoms with van der Waals surface area (Å²) in [6, 6.07) is 7.84. The second kappa shape index (κ2) is 8.09. The number of rotatable bonds is 4. The van der Waals surface area contributed by atoms with Crippen molar-refractivity contribution in [2.75, 3.05) is 19.1 Å². The molecule has 102 valence electrons. The monoisotopic (exact) mass is 278 g/mol. The summed E-state index contributed by atoms with van der Waals surface area (Å²) in [5, 5.41) is 0. The van der Waals surface area contributed by atoms with E-state index in [0.29, 0.717) is 12.5 Å². The van der Waals surface area contributed by atoms with Gasteiger partial charge in [0.05, 0.1) is 6.10 Å². The molecule has 0 N–H and O–H groups in total. The molecule has 1 aromatic rings. The third-order valence-electron chi connectivity index (χ3n) is 3.02. The molecule has 0 aliphatic carbocycles. The van der Waals surface area contributed by atoms with Crippen molar-refractivity contribution in [3.63, 3.8) is 0 Å². The van der Waals surface area contributed by atoms with Crippen LogP contribution in [0.5, 0.6) is 5.75 Å². The minimum absolute atomic E-state index is 0.247. The van der Waals surface area contributed by atoms with Crippen LogP contribution in [0.3, 0.4) is 0 Å². The van der Waals surface area contributed by atoms with Crippen molar-refractivity contribution in [1.29, 1.82) is 0 Å². The van der Waals surface area contributed by atoms with Crippen LogP contribution in [-0.4, -0.2) is 25.2 Å². The van der Waals surface area contributed by atoms with E-state index < -0.39 is 0 Å². The van der Waals surface area contributed by atoms with E-state index in [2.05, 4.69) is 11.8 Å². The zero-order valence-corrected chi connectivity index (χ0v) is 11.8. The molecule has 2 rings (SSSR count). The molecule has 0 spiro atoms. The summed E-state index contributed by atoms with van der Waals surface area (Å²) in [6.07, 6.45) is 4.48. The van der Waals surface area contributed by atoms with Gasteiger partial charge in [0.25, 0.3) is 0 Å². The Morgan fingerprint density at radius 3 is 2.79 bits per heavy atom. The number of halogens is 1. The van der Waals surface area contributed by atoms with Crippen molar-refractivity contribution < 1.29 is 9.47 Å². The van der Waals surface area contributed by atoms with Crippen LogP contribution in [0.15, 0.2) is 24.3 Å². The predicted molar refractivity (Wildman–Crippen MR) is 77.7 cm³/mol. The molecular weight excluding hydrogens is 260 g/mol. The van der Waals surface area contributed by atoms with Crippen molar-refractivity contribution in [1.82, 2.24) is 0 Å². The summed E-state index contributed by atoms with van der Waals surface area (Å²) in [4.78, 5) is 0. The van der Waals surface area contributed by atoms with Gasteiger partial charge in [0.15, 0.2) is 0 Å². The molecule has 0 aromatic heterocycles. The van der Waals surface area contributed by atoms with E-state index in [1.165, 1.54) is 12.8 Å². The molecule has 0 radical (unpaired) electrons. The van der Waals surface area contributed by atoms with Gasteiger partial charge in [-0.1, -0.05) is 11.8 Å². The van der Waals surface area contributed by atoms with E-state index in [-0.39, 0.29) is 6.10 Å². The summed E-state index contributed by atoms with van der Waals surface area (Å²) in [5.41, 5.74) is 0.992. The van der Waals surface area contributed by atoms with Crippen molar-refractivity contribution in [2.45, 2.75) is 31.8 Å². The molecule has 1 aliphatic heterocycles. The van der Waals surface area contributed by atoms with Crippen LogP contribution in [0.2, 0.25) is 0 Å². The van der Waals surface area contributed by atoms with E-state index in [1.54, 1.807) is 0 Å². The van der Waals surface area contributed by atoms with Crippen LogP contribution in [0, 0.1) is 11.8 Å². The first-order chi connectivity index (χ1) is 9.38. The number of alkyl halides is 1. The SMILES string of the molecule is ClCCC#Cc1ccc(OCC2CCCCO2)cc1. The summed E-state index contributed by atoms with van der Waals surface area (Å²) in [7, 11) is 0. The first-order valence-corrected chi connectivity index (χ1v) is 7.31. The van der Waals surface area contributed by atoms with Gasteiger partial charge in [-0.05, 0) is 43.5 Å². The van der Waals surface area contributed by atoms with Crippen LogP contribution in [0.1, 0.15) is 31.2 Å². The van der Waals surface area contributed by atoms with Crippen LogP contribution < -0.4 is 4.74 Å². The maximum absolute atomic E-state index is 5.73. The van der Waals surface area contributed by atoms with Gasteiger partial charge >= 0.3 is 0 Å². The summed E-state index contributed by atoms with van der Waals surface area (Å²) in [5.74, 6) is 7.53. The first kappa shape index (κ1) is 14.2. The summed E-state index contributed by atoms with van der Waals surface area (Å²) < 4.78 is 11.4. The maximum Gasteiger partial charge on any atom is 0.119 e. The molecule has 19 heavy (non-hydrogen) atoms. The predicted octanol–water partition coefficient (Wildman–Crippen LogP) is 3.61. The van der Waals surface area contributed by atoms with Gasteiger partial charge in [-0.3, -0.25) is 0 Å². The van der Waals surface area contributed by atoms with Gasteiger partial charge in [0, 0.05) is 24.5 Å². The van der Waals surface area contributed by atoms with Crippen molar-refractivity contribution >= 4 is 11.6 Å². The average Bonchev–Trinajstić information content (AvgIpc) is 2.48. The highest BCUT2D eigenvalue weighted by Gasteiger charge is 2.14. The molecule has 1 atom stereocenters. The van der Waals surface area contributed by atoms with E-state index in [9.17, 15) is 0 Å². The van der Waals surface area contributed by atoms with Gasteiger partial charge in [-0.2, -0.15) is 0 Å². The van der Waals surface area contributed by atoms with Crippen molar-refractivity contribution in [3.8, 4) is 17.6 Å². The quantitative estimate of drug-likeness (QED) is 0.619. The Kier molecular flexibility index (Phi) is 6.07. The third-order valence-corrected chi connectivity index (χ3v) is 3.21. The highest BCUT2D eigenvalue weighted by atomic mass is 35.5. The minimum Gasteiger partial charge on any atom is -0.491 e. The number of hydrogen-bond acceptors (Lipinski definition) is 2. The maximum atomic E-state index is 5.73. The highest BCUT2D eigenvalue weighted by Crippen LogP contribution is 2.16. The lowest BCUT2D eigenvalue weighted by molar-refractivity contribution is -0.0110. The first-order valence-electron chi connectivity index (χ1n) is 6.78. The molecule has 0 bridgehead atoms. The Morgan fingerprint density at radius 2 is 2.11 bits per heavy atom. The second-order valence-corrected chi connectivity index (χ2v) is 4.94. The minimum atomic E-state index is 0.247. The van der Waals surface area contributed by atoms with Crippen LogP contribution in [0.4, 0.5) is 0 Å². The van der Waals surface area contributed by atoms with E-state index >= 15 is 0 Å². The Labute approximate surface area is 120 Å². The van der Waals surface area contributed by atoms with E-state index in [4.69, 9.17) is 21.1 Å². The Balaban J connectivity index is 1.80. The molecule has 2 nitrogen and oxygen atoms in total. The van der Waals surface area contributed by atoms with Crippen LogP contribution >= 0.6 is 11.6 Å². The topological polar surface area (TPSA) is 18.5 Å². The molecule has 1 aromatic carbocycles. The molecule has 1 saturated heterocycles. The van der Waals surface area contributed by atoms with E-state index in [0.717, 1.165) is 30.8 Å². The summed E-state index contributed by atoms with van der Waals surface area (Å²) in [6.45, 7) is 1.50. The Hall–Kier alpha value is -1.17. The van der Waals surface area contributed by atoms with Crippen molar-refractivity contribution in [2.24, 2.45) is 0 Å². The molecule has 1 heterocycles. The molecule has 1 aliphatic rings. The fourth-order valence-corrected chi connectivity index (χ4v) is 2.07. The van der Waals surface area contributed by atoms with Gasteiger partial charge in [0.1, 0.15) is 12.4 Å². The lowest BCUT2D eigenvalue weighted by atomic mass is 10.1. The molecule has 3 heteroatoms. The molecule has 1 unspecified atom stereocenters. The second-order valence-electron chi connectivity index (χ2n) is 4.56. The van der Waals surface area contributed by atoms with Crippen molar-refractivity contribution in [3.05, 3.63) is 29.8 Å². The van der Waals surface area contributed by atoms with Crippen LogP contribution in [0.25, 0.3) is 0 Å². The largest absolute Gasteiger partial charge is 0.491 e. The number of benzene rings is 1. The molecule has 0 amide bonds. The number of ether oxygens (including phenoxy) is 2. The lowest BCUT2D eigenvalue weighted by Gasteiger charge is -2.22. The standard InChI is InChI=1S/C16H19ClO2/c17-11-3-1-5-14-7-9-15(10-8-14)19-13-16-6-2-4-12-18-16/h7-10,16H,2-4,6,11-13H2. The van der Waals surface area contributed by atoms with Gasteiger partial charge in [-0.15, -0.1) is 11.6 Å². The Morgan fingerprint density at radius 1 is 1.26 bits per heavy atom. The van der Waals surface area contributed by atoms with Gasteiger partial charge < -0.3 is 9.47 Å². The zero-order valence-electron chi connectivity index (χ0n) is 11.0. The third kappa shape index (κ3) is 5.14. The normalized spacial score (nSPS) is 18.5. The highest BCUT2D eigenvalue weighted by molar-refractivity contribution is 6.18. The molecule has 1 fully saturated rings. The Bertz CT molecular complexity index is 424. The molecule has 0 saturated carbocycles. The average molecular weight is 279 g/mol. The smallest absolute Gasteiger partial charge is 0.119 e. The lowest BCUT2D eigenvalue weighted by Crippen LogP contribution is -2.25. The van der Waals surface area contributed by atoms with Gasteiger partial charge in [-0.25, -0.2) is 0 Å². The van der Waals surface area contributed by atoms with Gasteiger partial charge in [0.2, 0.25) is 0 Å². The fourth-order valence-electron chi connectivity index (χ4n) is 1.97. The summed E-state index contributed by atoms with van der Waals surface area (Å²) >= 11 is 5.57. The fraction of sp³-hybridized carbons (Fsp3) is 0.500. The number of hydrogen-bond donors (Lipinski definition) is 0.